The number of pyridine rings is 1. The van der Waals surface area contributed by atoms with Gasteiger partial charge in [-0.2, -0.15) is 0 Å². The molecule has 0 spiro atoms. The molecule has 0 saturated heterocycles. The van der Waals surface area contributed by atoms with Crippen LogP contribution in [0.15, 0.2) is 30.5 Å². The fraction of sp³-hybridized carbons (Fsp3) is 0.500. The van der Waals surface area contributed by atoms with E-state index in [-0.39, 0.29) is 0 Å². The van der Waals surface area contributed by atoms with Crippen LogP contribution in [0.5, 0.6) is 5.88 Å². The number of hydrogen-bond donors (Lipinski definition) is 0. The standard InChI is InChI=1S/C18H26ClNOSi/c1-12(2)22(13(3)4,14(5)6)21-18-10-15-8-7-9-17(19)16(15)11-20-18/h7-14H,1-6H3. The summed E-state index contributed by atoms with van der Waals surface area (Å²) in [6, 6.07) is 7.93. The molecule has 0 bridgehead atoms. The number of fused-ring (bicyclic) bond motifs is 1. The van der Waals surface area contributed by atoms with Crippen molar-refractivity contribution in [3.8, 4) is 5.88 Å². The number of rotatable bonds is 5. The summed E-state index contributed by atoms with van der Waals surface area (Å²) in [5.41, 5.74) is 1.60. The van der Waals surface area contributed by atoms with Crippen LogP contribution in [-0.4, -0.2) is 13.3 Å². The van der Waals surface area contributed by atoms with E-state index in [2.05, 4.69) is 52.6 Å². The van der Waals surface area contributed by atoms with E-state index in [1.807, 2.05) is 24.4 Å². The number of benzene rings is 1. The minimum absolute atomic E-state index is 0.532. The van der Waals surface area contributed by atoms with Crippen LogP contribution < -0.4 is 4.43 Å². The van der Waals surface area contributed by atoms with Crippen molar-refractivity contribution >= 4 is 30.7 Å². The third-order valence-corrected chi connectivity index (χ3v) is 11.0. The van der Waals surface area contributed by atoms with Crippen LogP contribution in [0.4, 0.5) is 0 Å². The zero-order valence-corrected chi connectivity index (χ0v) is 16.1. The van der Waals surface area contributed by atoms with Gasteiger partial charge in [0.05, 0.1) is 0 Å². The maximum absolute atomic E-state index is 6.62. The van der Waals surface area contributed by atoms with E-state index < -0.39 is 8.32 Å². The molecule has 0 fully saturated rings. The SMILES string of the molecule is CC(C)[Si](Oc1cc2cccc(Cl)c2cn1)(C(C)C)C(C)C. The Morgan fingerprint density at radius 2 is 1.59 bits per heavy atom. The summed E-state index contributed by atoms with van der Waals surface area (Å²) < 4.78 is 6.62. The van der Waals surface area contributed by atoms with E-state index in [1.54, 1.807) is 0 Å². The Hall–Kier alpha value is -1.06. The molecule has 120 valence electrons. The first-order valence-electron chi connectivity index (χ1n) is 8.02. The molecule has 2 nitrogen and oxygen atoms in total. The predicted octanol–water partition coefficient (Wildman–Crippen LogP) is 6.44. The lowest BCUT2D eigenvalue weighted by atomic mass is 10.2. The van der Waals surface area contributed by atoms with E-state index in [0.29, 0.717) is 16.6 Å². The van der Waals surface area contributed by atoms with Gasteiger partial charge in [-0.3, -0.25) is 0 Å². The van der Waals surface area contributed by atoms with Gasteiger partial charge in [0.15, 0.2) is 5.88 Å². The molecule has 0 unspecified atom stereocenters. The van der Waals surface area contributed by atoms with E-state index in [1.165, 1.54) is 0 Å². The van der Waals surface area contributed by atoms with Gasteiger partial charge in [0.25, 0.3) is 8.32 Å². The van der Waals surface area contributed by atoms with Crippen LogP contribution in [0.3, 0.4) is 0 Å². The van der Waals surface area contributed by atoms with Crippen molar-refractivity contribution in [1.82, 2.24) is 4.98 Å². The Bertz CT molecular complexity index is 633. The lowest BCUT2D eigenvalue weighted by Crippen LogP contribution is -2.50. The van der Waals surface area contributed by atoms with Crippen LogP contribution in [0.2, 0.25) is 21.6 Å². The Morgan fingerprint density at radius 1 is 1.00 bits per heavy atom. The number of halogens is 1. The zero-order chi connectivity index (χ0) is 16.5. The fourth-order valence-corrected chi connectivity index (χ4v) is 9.12. The Balaban J connectivity index is 2.47. The number of hydrogen-bond acceptors (Lipinski definition) is 2. The highest BCUT2D eigenvalue weighted by Crippen LogP contribution is 2.42. The van der Waals surface area contributed by atoms with Crippen molar-refractivity contribution in [2.24, 2.45) is 0 Å². The molecule has 0 saturated carbocycles. The summed E-state index contributed by atoms with van der Waals surface area (Å²) in [6.07, 6.45) is 1.83. The normalized spacial score (nSPS) is 12.6. The molecule has 1 aromatic carbocycles. The van der Waals surface area contributed by atoms with Crippen molar-refractivity contribution in [1.29, 1.82) is 0 Å². The second-order valence-corrected chi connectivity index (χ2v) is 12.7. The van der Waals surface area contributed by atoms with E-state index >= 15 is 0 Å². The number of nitrogens with zero attached hydrogens (tertiary/aromatic N) is 1. The molecule has 1 aromatic heterocycles. The van der Waals surface area contributed by atoms with Crippen LogP contribution in [0.1, 0.15) is 41.5 Å². The fourth-order valence-electron chi connectivity index (χ4n) is 3.70. The number of aromatic nitrogens is 1. The van der Waals surface area contributed by atoms with Crippen molar-refractivity contribution in [2.45, 2.75) is 58.2 Å². The van der Waals surface area contributed by atoms with Gasteiger partial charge in [-0.15, -0.1) is 0 Å². The van der Waals surface area contributed by atoms with Crippen molar-refractivity contribution in [3.05, 3.63) is 35.5 Å². The highest BCUT2D eigenvalue weighted by molar-refractivity contribution is 6.78. The molecule has 4 heteroatoms. The van der Waals surface area contributed by atoms with E-state index in [0.717, 1.165) is 21.7 Å². The Labute approximate surface area is 140 Å². The molecule has 0 aliphatic heterocycles. The molecule has 2 rings (SSSR count). The maximum Gasteiger partial charge on any atom is 0.260 e. The summed E-state index contributed by atoms with van der Waals surface area (Å²) in [5.74, 6) is 0.734. The van der Waals surface area contributed by atoms with E-state index in [9.17, 15) is 0 Å². The Morgan fingerprint density at radius 3 is 2.14 bits per heavy atom. The summed E-state index contributed by atoms with van der Waals surface area (Å²) in [5, 5.41) is 2.79. The molecule has 0 N–H and O–H groups in total. The van der Waals surface area contributed by atoms with E-state index in [4.69, 9.17) is 16.0 Å². The van der Waals surface area contributed by atoms with Crippen molar-refractivity contribution in [3.63, 3.8) is 0 Å². The molecular weight excluding hydrogens is 310 g/mol. The van der Waals surface area contributed by atoms with Gasteiger partial charge in [0, 0.05) is 22.7 Å². The van der Waals surface area contributed by atoms with Gasteiger partial charge >= 0.3 is 0 Å². The van der Waals surface area contributed by atoms with Gasteiger partial charge in [-0.05, 0) is 28.1 Å². The van der Waals surface area contributed by atoms with Crippen molar-refractivity contribution in [2.75, 3.05) is 0 Å². The average Bonchev–Trinajstić information content (AvgIpc) is 2.43. The van der Waals surface area contributed by atoms with Crippen LogP contribution in [-0.2, 0) is 0 Å². The summed E-state index contributed by atoms with van der Waals surface area (Å²) in [6.45, 7) is 13.7. The van der Waals surface area contributed by atoms with Gasteiger partial charge in [0.2, 0.25) is 0 Å². The first-order valence-corrected chi connectivity index (χ1v) is 10.5. The molecule has 0 aliphatic carbocycles. The van der Waals surface area contributed by atoms with Crippen LogP contribution in [0, 0.1) is 0 Å². The molecule has 2 aromatic rings. The lowest BCUT2D eigenvalue weighted by molar-refractivity contribution is 0.465. The second-order valence-electron chi connectivity index (χ2n) is 6.90. The molecule has 0 amide bonds. The van der Waals surface area contributed by atoms with Crippen molar-refractivity contribution < 1.29 is 4.43 Å². The zero-order valence-electron chi connectivity index (χ0n) is 14.4. The quantitative estimate of drug-likeness (QED) is 0.586. The molecular formula is C18H26ClNOSi. The first kappa shape index (κ1) is 17.3. The van der Waals surface area contributed by atoms with Crippen LogP contribution >= 0.6 is 11.6 Å². The van der Waals surface area contributed by atoms with Gasteiger partial charge in [0.1, 0.15) is 0 Å². The highest BCUT2D eigenvalue weighted by atomic mass is 35.5. The first-order chi connectivity index (χ1) is 10.3. The average molecular weight is 336 g/mol. The molecule has 0 aliphatic rings. The maximum atomic E-state index is 6.62. The highest BCUT2D eigenvalue weighted by Gasteiger charge is 2.47. The van der Waals surface area contributed by atoms with Gasteiger partial charge in [-0.1, -0.05) is 65.3 Å². The molecule has 1 heterocycles. The minimum atomic E-state index is -1.96. The summed E-state index contributed by atoms with van der Waals surface area (Å²) in [7, 11) is -1.96. The molecule has 0 atom stereocenters. The van der Waals surface area contributed by atoms with Crippen LogP contribution in [0.25, 0.3) is 10.8 Å². The lowest BCUT2D eigenvalue weighted by Gasteiger charge is -2.41. The predicted molar refractivity (Wildman–Crippen MR) is 98.4 cm³/mol. The molecule has 22 heavy (non-hydrogen) atoms. The summed E-state index contributed by atoms with van der Waals surface area (Å²) >= 11 is 6.22. The van der Waals surface area contributed by atoms with Gasteiger partial charge in [-0.25, -0.2) is 4.98 Å². The second kappa shape index (κ2) is 6.59. The monoisotopic (exact) mass is 335 g/mol. The minimum Gasteiger partial charge on any atom is -0.530 e. The molecule has 0 radical (unpaired) electrons. The topological polar surface area (TPSA) is 22.1 Å². The van der Waals surface area contributed by atoms with Gasteiger partial charge < -0.3 is 4.43 Å². The summed E-state index contributed by atoms with van der Waals surface area (Å²) in [4.78, 5) is 4.53. The Kier molecular flexibility index (Phi) is 5.18. The largest absolute Gasteiger partial charge is 0.530 e. The third-order valence-electron chi connectivity index (χ3n) is 4.67. The smallest absolute Gasteiger partial charge is 0.260 e. The third kappa shape index (κ3) is 3.02.